The third-order valence-electron chi connectivity index (χ3n) is 4.31. The fourth-order valence-electron chi connectivity index (χ4n) is 2.49. The summed E-state index contributed by atoms with van der Waals surface area (Å²) in [5.41, 5.74) is 0.177. The smallest absolute Gasteiger partial charge is 0.226 e. The second kappa shape index (κ2) is 13.4. The summed E-state index contributed by atoms with van der Waals surface area (Å²) < 4.78 is 10.5. The summed E-state index contributed by atoms with van der Waals surface area (Å²) in [6, 6.07) is 3.74. The van der Waals surface area contributed by atoms with E-state index in [1.807, 2.05) is 0 Å². The largest absolute Gasteiger partial charge is 0.506 e. The number of ether oxygens (including phenoxy) is 2. The Morgan fingerprint density at radius 2 is 1.52 bits per heavy atom. The summed E-state index contributed by atoms with van der Waals surface area (Å²) in [6.07, 6.45) is -9.23. The molecule has 0 aliphatic heterocycles. The Labute approximate surface area is 178 Å². The molecule has 0 aromatic heterocycles. The van der Waals surface area contributed by atoms with Gasteiger partial charge >= 0.3 is 0 Å². The van der Waals surface area contributed by atoms with Crippen molar-refractivity contribution in [2.24, 2.45) is 0 Å². The number of benzene rings is 1. The highest BCUT2D eigenvalue weighted by Crippen LogP contribution is 2.28. The molecule has 0 amide bonds. The summed E-state index contributed by atoms with van der Waals surface area (Å²) in [7, 11) is 0. The van der Waals surface area contributed by atoms with Gasteiger partial charge in [-0.2, -0.15) is 0 Å². The van der Waals surface area contributed by atoms with Crippen molar-refractivity contribution in [1.29, 1.82) is 0 Å². The zero-order valence-corrected chi connectivity index (χ0v) is 16.7. The molecule has 0 saturated heterocycles. The first-order chi connectivity index (χ1) is 14.7. The Morgan fingerprint density at radius 3 is 2.06 bits per heavy atom. The van der Waals surface area contributed by atoms with E-state index in [0.29, 0.717) is 0 Å². The summed E-state index contributed by atoms with van der Waals surface area (Å²) in [5, 5.41) is 95.5. The molecule has 2 unspecified atom stereocenters. The molecule has 5 atom stereocenters. The third-order valence-corrected chi connectivity index (χ3v) is 4.31. The van der Waals surface area contributed by atoms with Crippen LogP contribution in [0.5, 0.6) is 11.5 Å². The summed E-state index contributed by atoms with van der Waals surface area (Å²) in [5.74, 6) is -1.44. The first-order valence-electron chi connectivity index (χ1n) is 9.43. The fourth-order valence-corrected chi connectivity index (χ4v) is 2.49. The minimum Gasteiger partial charge on any atom is -0.506 e. The van der Waals surface area contributed by atoms with Gasteiger partial charge in [-0.1, -0.05) is 0 Å². The molecule has 0 aliphatic rings. The van der Waals surface area contributed by atoms with E-state index in [1.165, 1.54) is 12.1 Å². The van der Waals surface area contributed by atoms with Gasteiger partial charge in [0.25, 0.3) is 0 Å². The van der Waals surface area contributed by atoms with Crippen LogP contribution in [0, 0.1) is 0 Å². The molecule has 12 heteroatoms. The molecule has 10 N–H and O–H groups in total. The molecule has 1 aromatic carbocycles. The Kier molecular flexibility index (Phi) is 11.7. The zero-order chi connectivity index (χ0) is 23.6. The van der Waals surface area contributed by atoms with Crippen LogP contribution in [0.4, 0.5) is 0 Å². The van der Waals surface area contributed by atoms with Crippen LogP contribution in [-0.4, -0.2) is 102 Å². The number of hydrogen-bond acceptors (Lipinski definition) is 12. The first-order valence-corrected chi connectivity index (χ1v) is 9.43. The average Bonchev–Trinajstić information content (AvgIpc) is 2.76. The Morgan fingerprint density at radius 1 is 0.871 bits per heavy atom. The highest BCUT2D eigenvalue weighted by molar-refractivity contribution is 5.41. The Hall–Kier alpha value is -2.00. The maximum Gasteiger partial charge on any atom is 0.226 e. The van der Waals surface area contributed by atoms with E-state index in [9.17, 15) is 40.9 Å². The number of aliphatic hydroxyl groups is 10. The van der Waals surface area contributed by atoms with Crippen molar-refractivity contribution in [3.8, 4) is 11.5 Å². The van der Waals surface area contributed by atoms with Crippen molar-refractivity contribution in [2.75, 3.05) is 19.8 Å². The van der Waals surface area contributed by atoms with Gasteiger partial charge in [0.05, 0.1) is 12.7 Å². The van der Waals surface area contributed by atoms with Gasteiger partial charge in [-0.05, 0) is 18.6 Å². The van der Waals surface area contributed by atoms with E-state index >= 15 is 0 Å². The van der Waals surface area contributed by atoms with Crippen LogP contribution in [0.2, 0.25) is 0 Å². The monoisotopic (exact) mass is 450 g/mol. The van der Waals surface area contributed by atoms with E-state index in [1.54, 1.807) is 0 Å². The van der Waals surface area contributed by atoms with Crippen molar-refractivity contribution in [3.63, 3.8) is 0 Å². The first kappa shape index (κ1) is 27.0. The van der Waals surface area contributed by atoms with E-state index in [2.05, 4.69) is 0 Å². The lowest BCUT2D eigenvalue weighted by Gasteiger charge is -2.26. The van der Waals surface area contributed by atoms with Crippen LogP contribution in [0.1, 0.15) is 18.4 Å². The van der Waals surface area contributed by atoms with E-state index < -0.39 is 68.7 Å². The summed E-state index contributed by atoms with van der Waals surface area (Å²) in [4.78, 5) is 0. The second-order valence-corrected chi connectivity index (χ2v) is 6.59. The van der Waals surface area contributed by atoms with Crippen LogP contribution in [0.25, 0.3) is 0 Å². The summed E-state index contributed by atoms with van der Waals surface area (Å²) >= 11 is 0. The van der Waals surface area contributed by atoms with Crippen LogP contribution in [0.15, 0.2) is 29.7 Å². The normalized spacial score (nSPS) is 17.3. The predicted molar refractivity (Wildman–Crippen MR) is 104 cm³/mol. The maximum atomic E-state index is 9.98. The van der Waals surface area contributed by atoms with Crippen LogP contribution in [-0.2, 0) is 6.61 Å². The molecule has 1 aromatic rings. The zero-order valence-electron chi connectivity index (χ0n) is 16.7. The second-order valence-electron chi connectivity index (χ2n) is 6.59. The van der Waals surface area contributed by atoms with Crippen molar-refractivity contribution in [3.05, 3.63) is 35.3 Å². The summed E-state index contributed by atoms with van der Waals surface area (Å²) in [6.45, 7) is -2.24. The molecule has 0 heterocycles. The van der Waals surface area contributed by atoms with Gasteiger partial charge in [-0.25, -0.2) is 0 Å². The molecule has 178 valence electrons. The van der Waals surface area contributed by atoms with Crippen LogP contribution in [0.3, 0.4) is 0 Å². The lowest BCUT2D eigenvalue weighted by Crippen LogP contribution is -2.46. The maximum absolute atomic E-state index is 9.98. The molecule has 0 spiro atoms. The predicted octanol–water partition coefficient (Wildman–Crippen LogP) is -2.77. The van der Waals surface area contributed by atoms with Crippen molar-refractivity contribution in [2.45, 2.75) is 50.2 Å². The fraction of sp³-hybridized carbons (Fsp3) is 0.579. The molecular formula is C19H30O12. The van der Waals surface area contributed by atoms with Gasteiger partial charge in [-0.15, -0.1) is 0 Å². The highest BCUT2D eigenvalue weighted by atomic mass is 16.6. The quantitative estimate of drug-likeness (QED) is 0.103. The molecule has 0 fully saturated rings. The molecule has 31 heavy (non-hydrogen) atoms. The van der Waals surface area contributed by atoms with Gasteiger partial charge in [0.1, 0.15) is 36.4 Å². The highest BCUT2D eigenvalue weighted by Gasteiger charge is 2.31. The molecule has 0 bridgehead atoms. The standard InChI is InChI=1S/C19H30O12/c20-5-3-12(24)16(26)15(9-23)31-14-7-11(2-1-10(14)8-22)30-19(29)18(28)17(27)13(25)4-6-21/h1-2,7,12-13,17-29H,3-6,8-9H2/b16-15+/t12-,13-,17?,18?,19-/m1/s1. The number of aliphatic hydroxyl groups excluding tert-OH is 10. The Bertz CT molecular complexity index is 694. The topological polar surface area (TPSA) is 221 Å². The molecule has 0 aliphatic carbocycles. The van der Waals surface area contributed by atoms with Crippen molar-refractivity contribution in [1.82, 2.24) is 0 Å². The van der Waals surface area contributed by atoms with E-state index in [-0.39, 0.29) is 29.9 Å². The SMILES string of the molecule is OCC[C@@H](O)/C(O)=C(/CO)Oc1cc(O[C@@H](O)C(O)C(O)[C@H](O)CCO)ccc1CO. The number of hydrogen-bond donors (Lipinski definition) is 10. The lowest BCUT2D eigenvalue weighted by molar-refractivity contribution is -0.166. The van der Waals surface area contributed by atoms with Crippen molar-refractivity contribution >= 4 is 0 Å². The van der Waals surface area contributed by atoms with Crippen LogP contribution < -0.4 is 9.47 Å². The minimum atomic E-state index is -2.00. The van der Waals surface area contributed by atoms with Gasteiger partial charge in [0.15, 0.2) is 11.5 Å². The van der Waals surface area contributed by atoms with E-state index in [4.69, 9.17) is 19.7 Å². The van der Waals surface area contributed by atoms with Gasteiger partial charge in [0.2, 0.25) is 6.29 Å². The molecule has 12 nitrogen and oxygen atoms in total. The molecule has 0 radical (unpaired) electrons. The Balaban J connectivity index is 3.05. The van der Waals surface area contributed by atoms with Gasteiger partial charge in [0, 0.05) is 31.3 Å². The molecule has 1 rings (SSSR count). The molecule has 0 saturated carbocycles. The van der Waals surface area contributed by atoms with Crippen LogP contribution >= 0.6 is 0 Å². The average molecular weight is 450 g/mol. The van der Waals surface area contributed by atoms with Crippen molar-refractivity contribution < 1.29 is 60.5 Å². The third kappa shape index (κ3) is 7.88. The lowest BCUT2D eigenvalue weighted by atomic mass is 10.1. The molecular weight excluding hydrogens is 420 g/mol. The van der Waals surface area contributed by atoms with Gasteiger partial charge < -0.3 is 60.5 Å². The minimum absolute atomic E-state index is 0.115. The van der Waals surface area contributed by atoms with Gasteiger partial charge in [-0.3, -0.25) is 0 Å². The van der Waals surface area contributed by atoms with E-state index in [0.717, 1.165) is 6.07 Å². The number of rotatable bonds is 14.